The number of aromatic nitrogens is 2. The lowest BCUT2D eigenvalue weighted by Crippen LogP contribution is -2.10. The van der Waals surface area contributed by atoms with Crippen LogP contribution >= 0.6 is 0 Å². The molecule has 0 fully saturated rings. The molecule has 0 bridgehead atoms. The summed E-state index contributed by atoms with van der Waals surface area (Å²) in [6, 6.07) is 2.09. The molecule has 3 heteroatoms. The van der Waals surface area contributed by atoms with Crippen molar-refractivity contribution in [2.45, 2.75) is 83.6 Å². The van der Waals surface area contributed by atoms with Crippen molar-refractivity contribution in [3.05, 3.63) is 24.0 Å². The molecule has 0 saturated carbocycles. The molecule has 0 aliphatic heterocycles. The fourth-order valence-corrected chi connectivity index (χ4v) is 2.54. The third-order valence-electron chi connectivity index (χ3n) is 3.90. The van der Waals surface area contributed by atoms with Gasteiger partial charge in [-0.25, -0.2) is 0 Å². The summed E-state index contributed by atoms with van der Waals surface area (Å²) in [7, 11) is 0. The molecule has 114 valence electrons. The standard InChI is InChI=1S/C17H31N3/c1-2-3-4-5-6-7-8-9-10-11-12-17(18)16-13-14-19-20-15-16/h13-15,17H,2-12,18H2,1H3. The maximum atomic E-state index is 6.14. The SMILES string of the molecule is CCCCCCCCCCCCC(N)c1ccnnc1. The third kappa shape index (κ3) is 8.26. The summed E-state index contributed by atoms with van der Waals surface area (Å²) in [5, 5.41) is 7.65. The van der Waals surface area contributed by atoms with E-state index in [0.717, 1.165) is 12.0 Å². The maximum absolute atomic E-state index is 6.14. The molecule has 0 aromatic carbocycles. The van der Waals surface area contributed by atoms with E-state index < -0.39 is 0 Å². The zero-order chi connectivity index (χ0) is 14.5. The van der Waals surface area contributed by atoms with Crippen LogP contribution in [0.15, 0.2) is 18.5 Å². The molecule has 1 heterocycles. The van der Waals surface area contributed by atoms with Gasteiger partial charge in [0.05, 0.1) is 6.20 Å². The van der Waals surface area contributed by atoms with E-state index in [9.17, 15) is 0 Å². The smallest absolute Gasteiger partial charge is 0.0543 e. The van der Waals surface area contributed by atoms with Crippen LogP contribution in [0.3, 0.4) is 0 Å². The summed E-state index contributed by atoms with van der Waals surface area (Å²) >= 11 is 0. The lowest BCUT2D eigenvalue weighted by molar-refractivity contribution is 0.528. The van der Waals surface area contributed by atoms with Gasteiger partial charge in [0.25, 0.3) is 0 Å². The molecule has 0 amide bonds. The van der Waals surface area contributed by atoms with E-state index in [2.05, 4.69) is 17.1 Å². The van der Waals surface area contributed by atoms with Crippen LogP contribution in [0.25, 0.3) is 0 Å². The monoisotopic (exact) mass is 277 g/mol. The Hall–Kier alpha value is -0.960. The van der Waals surface area contributed by atoms with Crippen LogP contribution < -0.4 is 5.73 Å². The zero-order valence-corrected chi connectivity index (χ0v) is 13.1. The Balaban J connectivity index is 1.90. The molecule has 2 N–H and O–H groups in total. The molecule has 1 aromatic rings. The van der Waals surface area contributed by atoms with Crippen molar-refractivity contribution in [2.24, 2.45) is 5.73 Å². The molecule has 1 rings (SSSR count). The van der Waals surface area contributed by atoms with Crippen molar-refractivity contribution in [3.8, 4) is 0 Å². The van der Waals surface area contributed by atoms with Crippen molar-refractivity contribution in [3.63, 3.8) is 0 Å². The predicted molar refractivity (Wildman–Crippen MR) is 85.4 cm³/mol. The van der Waals surface area contributed by atoms with Crippen molar-refractivity contribution in [1.29, 1.82) is 0 Å². The Morgan fingerprint density at radius 2 is 1.50 bits per heavy atom. The second kappa shape index (κ2) is 11.8. The summed E-state index contributed by atoms with van der Waals surface area (Å²) in [5.74, 6) is 0. The summed E-state index contributed by atoms with van der Waals surface area (Å²) in [5.41, 5.74) is 7.24. The van der Waals surface area contributed by atoms with Gasteiger partial charge in [0.15, 0.2) is 0 Å². The van der Waals surface area contributed by atoms with Crippen LogP contribution in [0.4, 0.5) is 0 Å². The van der Waals surface area contributed by atoms with Gasteiger partial charge < -0.3 is 5.73 Å². The van der Waals surface area contributed by atoms with E-state index in [1.165, 1.54) is 64.2 Å². The molecule has 1 unspecified atom stereocenters. The van der Waals surface area contributed by atoms with Crippen LogP contribution in [0.5, 0.6) is 0 Å². The minimum atomic E-state index is 0.125. The average molecular weight is 277 g/mol. The molecule has 0 spiro atoms. The second-order valence-corrected chi connectivity index (χ2v) is 5.75. The fraction of sp³-hybridized carbons (Fsp3) is 0.765. The van der Waals surface area contributed by atoms with Gasteiger partial charge in [-0.05, 0) is 18.1 Å². The molecular weight excluding hydrogens is 246 g/mol. The van der Waals surface area contributed by atoms with E-state index in [-0.39, 0.29) is 6.04 Å². The van der Waals surface area contributed by atoms with Crippen LogP contribution in [0.2, 0.25) is 0 Å². The number of hydrogen-bond acceptors (Lipinski definition) is 3. The molecular formula is C17H31N3. The van der Waals surface area contributed by atoms with Gasteiger partial charge in [0.1, 0.15) is 0 Å². The number of hydrogen-bond donors (Lipinski definition) is 1. The molecule has 0 aliphatic rings. The van der Waals surface area contributed by atoms with Gasteiger partial charge in [-0.1, -0.05) is 71.1 Å². The van der Waals surface area contributed by atoms with Crippen molar-refractivity contribution in [2.75, 3.05) is 0 Å². The van der Waals surface area contributed by atoms with Crippen LogP contribution in [-0.2, 0) is 0 Å². The Bertz CT molecular complexity index is 313. The number of rotatable bonds is 12. The molecule has 0 radical (unpaired) electrons. The molecule has 1 atom stereocenters. The average Bonchev–Trinajstić information content (AvgIpc) is 2.50. The lowest BCUT2D eigenvalue weighted by Gasteiger charge is -2.10. The molecule has 0 aliphatic carbocycles. The van der Waals surface area contributed by atoms with E-state index in [1.807, 2.05) is 6.07 Å². The van der Waals surface area contributed by atoms with Gasteiger partial charge in [-0.15, -0.1) is 0 Å². The Morgan fingerprint density at radius 3 is 2.05 bits per heavy atom. The summed E-state index contributed by atoms with van der Waals surface area (Å²) in [4.78, 5) is 0. The molecule has 0 saturated heterocycles. The molecule has 20 heavy (non-hydrogen) atoms. The highest BCUT2D eigenvalue weighted by atomic mass is 15.1. The quantitative estimate of drug-likeness (QED) is 0.559. The normalized spacial score (nSPS) is 12.5. The zero-order valence-electron chi connectivity index (χ0n) is 13.1. The van der Waals surface area contributed by atoms with Gasteiger partial charge in [-0.3, -0.25) is 0 Å². The lowest BCUT2D eigenvalue weighted by atomic mass is 10.0. The molecule has 1 aromatic heterocycles. The Kier molecular flexibility index (Phi) is 10.1. The second-order valence-electron chi connectivity index (χ2n) is 5.75. The van der Waals surface area contributed by atoms with E-state index in [0.29, 0.717) is 0 Å². The Morgan fingerprint density at radius 1 is 0.900 bits per heavy atom. The number of nitrogens with zero attached hydrogens (tertiary/aromatic N) is 2. The highest BCUT2D eigenvalue weighted by Crippen LogP contribution is 2.17. The predicted octanol–water partition coefficient (Wildman–Crippen LogP) is 4.79. The van der Waals surface area contributed by atoms with Crippen molar-refractivity contribution < 1.29 is 0 Å². The van der Waals surface area contributed by atoms with Crippen LogP contribution in [0.1, 0.15) is 89.2 Å². The summed E-state index contributed by atoms with van der Waals surface area (Å²) in [6.07, 6.45) is 18.2. The van der Waals surface area contributed by atoms with Crippen LogP contribution in [0, 0.1) is 0 Å². The Labute approximate surface area is 124 Å². The van der Waals surface area contributed by atoms with Crippen LogP contribution in [-0.4, -0.2) is 10.2 Å². The minimum absolute atomic E-state index is 0.125. The number of nitrogens with two attached hydrogens (primary N) is 1. The largest absolute Gasteiger partial charge is 0.324 e. The first-order chi connectivity index (χ1) is 9.84. The van der Waals surface area contributed by atoms with E-state index >= 15 is 0 Å². The fourth-order valence-electron chi connectivity index (χ4n) is 2.54. The van der Waals surface area contributed by atoms with Gasteiger partial charge in [0, 0.05) is 12.2 Å². The van der Waals surface area contributed by atoms with Gasteiger partial charge >= 0.3 is 0 Å². The molecule has 3 nitrogen and oxygen atoms in total. The minimum Gasteiger partial charge on any atom is -0.324 e. The summed E-state index contributed by atoms with van der Waals surface area (Å²) < 4.78 is 0. The van der Waals surface area contributed by atoms with E-state index in [1.54, 1.807) is 12.4 Å². The first-order valence-electron chi connectivity index (χ1n) is 8.36. The van der Waals surface area contributed by atoms with Gasteiger partial charge in [-0.2, -0.15) is 10.2 Å². The van der Waals surface area contributed by atoms with Gasteiger partial charge in [0.2, 0.25) is 0 Å². The highest BCUT2D eigenvalue weighted by molar-refractivity contribution is 5.10. The van der Waals surface area contributed by atoms with Crippen molar-refractivity contribution >= 4 is 0 Å². The number of unbranched alkanes of at least 4 members (excludes halogenated alkanes) is 9. The highest BCUT2D eigenvalue weighted by Gasteiger charge is 2.05. The maximum Gasteiger partial charge on any atom is 0.0543 e. The first kappa shape index (κ1) is 17.1. The first-order valence-corrected chi connectivity index (χ1v) is 8.36. The van der Waals surface area contributed by atoms with Crippen molar-refractivity contribution in [1.82, 2.24) is 10.2 Å². The summed E-state index contributed by atoms with van der Waals surface area (Å²) in [6.45, 7) is 2.27. The third-order valence-corrected chi connectivity index (χ3v) is 3.90. The van der Waals surface area contributed by atoms with E-state index in [4.69, 9.17) is 5.73 Å². The topological polar surface area (TPSA) is 51.8 Å².